The number of aromatic nitrogens is 2. The molecular weight excluding hydrogens is 242 g/mol. The lowest BCUT2D eigenvalue weighted by Gasteiger charge is -2.03. The van der Waals surface area contributed by atoms with Crippen LogP contribution in [-0.4, -0.2) is 15.9 Å². The zero-order chi connectivity index (χ0) is 13.4. The van der Waals surface area contributed by atoms with Crippen LogP contribution in [0.25, 0.3) is 0 Å². The van der Waals surface area contributed by atoms with Crippen LogP contribution < -0.4 is 5.32 Å². The summed E-state index contributed by atoms with van der Waals surface area (Å²) in [5, 5.41) is 2.80. The first-order valence-electron chi connectivity index (χ1n) is 6.35. The number of amides is 1. The van der Waals surface area contributed by atoms with Crippen molar-refractivity contribution < 1.29 is 9.21 Å². The number of aryl methyl sites for hydroxylation is 2. The number of hydrogen-bond donors (Lipinski definition) is 1. The Morgan fingerprint density at radius 3 is 2.89 bits per heavy atom. The molecule has 2 aromatic heterocycles. The number of nitrogens with zero attached hydrogens (tertiary/aromatic N) is 2. The van der Waals surface area contributed by atoms with E-state index in [-0.39, 0.29) is 5.91 Å². The van der Waals surface area contributed by atoms with Gasteiger partial charge < -0.3 is 9.73 Å². The highest BCUT2D eigenvalue weighted by Crippen LogP contribution is 2.40. The molecule has 0 unspecified atom stereocenters. The van der Waals surface area contributed by atoms with E-state index in [1.165, 1.54) is 0 Å². The van der Waals surface area contributed by atoms with Crippen LogP contribution in [0.2, 0.25) is 0 Å². The van der Waals surface area contributed by atoms with Crippen LogP contribution in [0.15, 0.2) is 22.7 Å². The Morgan fingerprint density at radius 2 is 2.21 bits per heavy atom. The molecule has 2 heterocycles. The second kappa shape index (κ2) is 4.50. The molecule has 0 saturated heterocycles. The van der Waals surface area contributed by atoms with E-state index in [1.54, 1.807) is 19.2 Å². The quantitative estimate of drug-likeness (QED) is 0.918. The fourth-order valence-corrected chi connectivity index (χ4v) is 1.94. The highest BCUT2D eigenvalue weighted by Gasteiger charge is 2.30. The molecule has 5 heteroatoms. The molecule has 0 aliphatic heterocycles. The number of carbonyl (C=O) groups excluding carboxylic acids is 1. The highest BCUT2D eigenvalue weighted by molar-refractivity contribution is 6.02. The van der Waals surface area contributed by atoms with Gasteiger partial charge in [0.1, 0.15) is 0 Å². The van der Waals surface area contributed by atoms with Crippen molar-refractivity contribution in [2.24, 2.45) is 0 Å². The third-order valence-corrected chi connectivity index (χ3v) is 3.10. The van der Waals surface area contributed by atoms with E-state index in [9.17, 15) is 4.79 Å². The number of nitrogens with one attached hydrogen (secondary N) is 1. The van der Waals surface area contributed by atoms with E-state index in [2.05, 4.69) is 15.3 Å². The van der Waals surface area contributed by atoms with Gasteiger partial charge in [-0.2, -0.15) is 0 Å². The van der Waals surface area contributed by atoms with Crippen LogP contribution in [0.5, 0.6) is 0 Å². The first-order valence-corrected chi connectivity index (χ1v) is 6.35. The Morgan fingerprint density at radius 1 is 1.42 bits per heavy atom. The molecule has 2 aromatic rings. The minimum atomic E-state index is -0.262. The van der Waals surface area contributed by atoms with Crippen molar-refractivity contribution in [2.75, 3.05) is 5.32 Å². The van der Waals surface area contributed by atoms with Gasteiger partial charge in [-0.1, -0.05) is 0 Å². The van der Waals surface area contributed by atoms with Gasteiger partial charge >= 0.3 is 0 Å². The van der Waals surface area contributed by atoms with Gasteiger partial charge in [0.15, 0.2) is 5.89 Å². The van der Waals surface area contributed by atoms with E-state index in [4.69, 9.17) is 4.42 Å². The van der Waals surface area contributed by atoms with Crippen molar-refractivity contribution in [3.63, 3.8) is 0 Å². The predicted octanol–water partition coefficient (Wildman–Crippen LogP) is 2.82. The molecular formula is C14H15N3O2. The van der Waals surface area contributed by atoms with Crippen molar-refractivity contribution in [1.82, 2.24) is 9.97 Å². The van der Waals surface area contributed by atoms with Gasteiger partial charge in [-0.05, 0) is 38.8 Å². The molecule has 5 nitrogen and oxygen atoms in total. The summed E-state index contributed by atoms with van der Waals surface area (Å²) in [5.74, 6) is 1.14. The van der Waals surface area contributed by atoms with Crippen molar-refractivity contribution in [3.8, 4) is 0 Å². The van der Waals surface area contributed by atoms with Gasteiger partial charge in [0, 0.05) is 23.5 Å². The molecule has 1 N–H and O–H groups in total. The monoisotopic (exact) mass is 257 g/mol. The molecule has 98 valence electrons. The van der Waals surface area contributed by atoms with Crippen LogP contribution in [-0.2, 0) is 0 Å². The lowest BCUT2D eigenvalue weighted by atomic mass is 10.3. The van der Waals surface area contributed by atoms with Gasteiger partial charge in [-0.15, -0.1) is 0 Å². The van der Waals surface area contributed by atoms with Crippen molar-refractivity contribution >= 4 is 11.6 Å². The molecule has 1 aliphatic rings. The summed E-state index contributed by atoms with van der Waals surface area (Å²) < 4.78 is 5.56. The third kappa shape index (κ3) is 2.50. The lowest BCUT2D eigenvalue weighted by Crippen LogP contribution is -2.12. The van der Waals surface area contributed by atoms with Crippen LogP contribution in [0.3, 0.4) is 0 Å². The minimum Gasteiger partial charge on any atom is -0.435 e. The topological polar surface area (TPSA) is 68.0 Å². The van der Waals surface area contributed by atoms with Gasteiger partial charge in [0.2, 0.25) is 5.76 Å². The predicted molar refractivity (Wildman–Crippen MR) is 70.1 cm³/mol. The van der Waals surface area contributed by atoms with Crippen molar-refractivity contribution in [3.05, 3.63) is 41.4 Å². The maximum Gasteiger partial charge on any atom is 0.293 e. The Kier molecular flexibility index (Phi) is 2.81. The number of anilines is 1. The second-order valence-corrected chi connectivity index (χ2v) is 4.88. The van der Waals surface area contributed by atoms with Crippen LogP contribution in [0.1, 0.15) is 46.6 Å². The van der Waals surface area contributed by atoms with Gasteiger partial charge in [0.05, 0.1) is 5.69 Å². The first kappa shape index (κ1) is 11.9. The van der Waals surface area contributed by atoms with Crippen LogP contribution >= 0.6 is 0 Å². The molecule has 0 aromatic carbocycles. The summed E-state index contributed by atoms with van der Waals surface area (Å²) in [7, 11) is 0. The molecule has 0 spiro atoms. The zero-order valence-electron chi connectivity index (χ0n) is 10.9. The molecule has 1 amide bonds. The Balaban J connectivity index is 1.80. The highest BCUT2D eigenvalue weighted by atomic mass is 16.4. The van der Waals surface area contributed by atoms with Crippen molar-refractivity contribution in [1.29, 1.82) is 0 Å². The number of pyridine rings is 1. The number of oxazole rings is 1. The number of carbonyl (C=O) groups is 1. The summed E-state index contributed by atoms with van der Waals surface area (Å²) in [6, 6.07) is 3.56. The summed E-state index contributed by atoms with van der Waals surface area (Å²) in [6.45, 7) is 3.67. The van der Waals surface area contributed by atoms with Crippen LogP contribution in [0, 0.1) is 13.8 Å². The zero-order valence-corrected chi connectivity index (χ0v) is 10.9. The Labute approximate surface area is 111 Å². The minimum absolute atomic E-state index is 0.262. The van der Waals surface area contributed by atoms with Gasteiger partial charge in [-0.3, -0.25) is 9.78 Å². The Hall–Kier alpha value is -2.17. The van der Waals surface area contributed by atoms with Crippen LogP contribution in [0.4, 0.5) is 5.69 Å². The molecule has 1 saturated carbocycles. The third-order valence-electron chi connectivity index (χ3n) is 3.10. The normalized spacial score (nSPS) is 14.4. The molecule has 0 bridgehead atoms. The molecule has 0 radical (unpaired) electrons. The van der Waals surface area contributed by atoms with E-state index < -0.39 is 0 Å². The number of hydrogen-bond acceptors (Lipinski definition) is 4. The summed E-state index contributed by atoms with van der Waals surface area (Å²) in [6.07, 6.45) is 3.86. The molecule has 0 atom stereocenters. The fraction of sp³-hybridized carbons (Fsp3) is 0.357. The van der Waals surface area contributed by atoms with Gasteiger partial charge in [0.25, 0.3) is 5.91 Å². The average Bonchev–Trinajstić information content (AvgIpc) is 3.13. The number of rotatable bonds is 3. The Bertz CT molecular complexity index is 629. The fourth-order valence-electron chi connectivity index (χ4n) is 1.94. The second-order valence-electron chi connectivity index (χ2n) is 4.88. The largest absolute Gasteiger partial charge is 0.435 e. The van der Waals surface area contributed by atoms with E-state index in [1.807, 2.05) is 13.0 Å². The maximum atomic E-state index is 12.1. The summed E-state index contributed by atoms with van der Waals surface area (Å²) in [4.78, 5) is 20.5. The first-order chi connectivity index (χ1) is 9.13. The SMILES string of the molecule is Cc1cc(NC(=O)c2oc(C3CC3)nc2C)ccn1. The van der Waals surface area contributed by atoms with Crippen molar-refractivity contribution in [2.45, 2.75) is 32.6 Å². The van der Waals surface area contributed by atoms with E-state index >= 15 is 0 Å². The molecule has 1 fully saturated rings. The van der Waals surface area contributed by atoms with E-state index in [0.717, 1.165) is 18.5 Å². The standard InChI is InChI=1S/C14H15N3O2/c1-8-7-11(5-6-15-8)17-13(18)12-9(2)16-14(19-12)10-3-4-10/h5-7,10H,3-4H2,1-2H3,(H,15,17,18). The molecule has 1 aliphatic carbocycles. The summed E-state index contributed by atoms with van der Waals surface area (Å²) in [5.41, 5.74) is 2.21. The maximum absolute atomic E-state index is 12.1. The molecule has 19 heavy (non-hydrogen) atoms. The van der Waals surface area contributed by atoms with Gasteiger partial charge in [-0.25, -0.2) is 4.98 Å². The lowest BCUT2D eigenvalue weighted by molar-refractivity contribution is 0.0994. The van der Waals surface area contributed by atoms with E-state index in [0.29, 0.717) is 29.0 Å². The average molecular weight is 257 g/mol. The smallest absolute Gasteiger partial charge is 0.293 e. The molecule has 3 rings (SSSR count). The summed E-state index contributed by atoms with van der Waals surface area (Å²) >= 11 is 0.